The maximum absolute atomic E-state index is 8.14. The zero-order chi connectivity index (χ0) is 5.70. The van der Waals surface area contributed by atoms with Crippen molar-refractivity contribution in [3.8, 4) is 0 Å². The van der Waals surface area contributed by atoms with Gasteiger partial charge in [-0.1, -0.05) is 6.58 Å². The summed E-state index contributed by atoms with van der Waals surface area (Å²) in [4.78, 5) is 0. The first-order chi connectivity index (χ1) is 3.31. The highest BCUT2D eigenvalue weighted by Gasteiger charge is 1.82. The summed E-state index contributed by atoms with van der Waals surface area (Å²) in [5.41, 5.74) is 0.643. The van der Waals surface area contributed by atoms with Gasteiger partial charge in [-0.3, -0.25) is 0 Å². The van der Waals surface area contributed by atoms with Crippen molar-refractivity contribution in [2.45, 2.75) is 0 Å². The van der Waals surface area contributed by atoms with Gasteiger partial charge in [-0.25, -0.2) is 0 Å². The zero-order valence-corrected chi connectivity index (χ0v) is 4.70. The number of rotatable bonds is 3. The molecule has 3 heteroatoms. The Balaban J connectivity index is 3.00. The molecule has 0 saturated carbocycles. The standard InChI is InChI=1S/C4H8ClNO/c1-4(2-5)6-3-7/h6-7H,1-3H2. The van der Waals surface area contributed by atoms with Crippen LogP contribution in [0.1, 0.15) is 0 Å². The van der Waals surface area contributed by atoms with Crippen LogP contribution in [-0.4, -0.2) is 17.7 Å². The van der Waals surface area contributed by atoms with E-state index in [1.54, 1.807) is 0 Å². The Hall–Kier alpha value is -0.210. The molecule has 0 aromatic carbocycles. The van der Waals surface area contributed by atoms with Crippen LogP contribution in [0.5, 0.6) is 0 Å². The van der Waals surface area contributed by atoms with Crippen LogP contribution in [0.15, 0.2) is 12.3 Å². The lowest BCUT2D eigenvalue weighted by atomic mass is 10.6. The molecule has 0 amide bonds. The van der Waals surface area contributed by atoms with E-state index in [9.17, 15) is 0 Å². The van der Waals surface area contributed by atoms with E-state index in [2.05, 4.69) is 11.9 Å². The maximum Gasteiger partial charge on any atom is 0.113 e. The fraction of sp³-hybridized carbons (Fsp3) is 0.500. The molecule has 0 aliphatic heterocycles. The van der Waals surface area contributed by atoms with Crippen molar-refractivity contribution in [2.75, 3.05) is 12.6 Å². The summed E-state index contributed by atoms with van der Waals surface area (Å²) in [7, 11) is 0. The molecule has 0 rings (SSSR count). The van der Waals surface area contributed by atoms with E-state index in [0.29, 0.717) is 11.6 Å². The third kappa shape index (κ3) is 3.62. The Labute approximate surface area is 47.8 Å². The fourth-order valence-corrected chi connectivity index (χ4v) is 0.254. The Bertz CT molecular complexity index is 64.7. The predicted octanol–water partition coefficient (Wildman–Crippen LogP) is 0.278. The molecular weight excluding hydrogens is 114 g/mol. The quantitative estimate of drug-likeness (QED) is 0.415. The SMILES string of the molecule is C=C(CCl)NCO. The first kappa shape index (κ1) is 6.79. The van der Waals surface area contributed by atoms with Gasteiger partial charge in [0.15, 0.2) is 0 Å². The lowest BCUT2D eigenvalue weighted by Gasteiger charge is -1.98. The summed E-state index contributed by atoms with van der Waals surface area (Å²) in [6.45, 7) is 3.37. The molecule has 0 aromatic heterocycles. The van der Waals surface area contributed by atoms with Crippen LogP contribution in [0.4, 0.5) is 0 Å². The molecule has 0 radical (unpaired) electrons. The number of aliphatic hydroxyl groups excluding tert-OH is 1. The Morgan fingerprint density at radius 3 is 2.57 bits per heavy atom. The molecule has 2 nitrogen and oxygen atoms in total. The van der Waals surface area contributed by atoms with Gasteiger partial charge in [-0.2, -0.15) is 0 Å². The van der Waals surface area contributed by atoms with Gasteiger partial charge in [0.25, 0.3) is 0 Å². The number of hydrogen-bond acceptors (Lipinski definition) is 2. The second-order valence-electron chi connectivity index (χ2n) is 1.07. The second-order valence-corrected chi connectivity index (χ2v) is 1.34. The molecular formula is C4H8ClNO. The minimum absolute atomic E-state index is 0.0917. The molecule has 7 heavy (non-hydrogen) atoms. The monoisotopic (exact) mass is 121 g/mol. The maximum atomic E-state index is 8.14. The largest absolute Gasteiger partial charge is 0.377 e. The average molecular weight is 122 g/mol. The minimum atomic E-state index is -0.0917. The number of nitrogens with one attached hydrogen (secondary N) is 1. The van der Waals surface area contributed by atoms with Crippen molar-refractivity contribution >= 4 is 11.6 Å². The lowest BCUT2D eigenvalue weighted by Crippen LogP contribution is -2.13. The minimum Gasteiger partial charge on any atom is -0.377 e. The highest BCUT2D eigenvalue weighted by molar-refractivity contribution is 6.19. The van der Waals surface area contributed by atoms with E-state index in [1.807, 2.05) is 0 Å². The normalized spacial score (nSPS) is 8.29. The van der Waals surface area contributed by atoms with Crippen LogP contribution in [0.2, 0.25) is 0 Å². The van der Waals surface area contributed by atoms with Gasteiger partial charge in [0.2, 0.25) is 0 Å². The van der Waals surface area contributed by atoms with Crippen LogP contribution in [0.25, 0.3) is 0 Å². The van der Waals surface area contributed by atoms with Crippen molar-refractivity contribution in [3.05, 3.63) is 12.3 Å². The van der Waals surface area contributed by atoms with Crippen molar-refractivity contribution in [3.63, 3.8) is 0 Å². The van der Waals surface area contributed by atoms with E-state index in [-0.39, 0.29) is 6.73 Å². The number of halogens is 1. The molecule has 0 unspecified atom stereocenters. The van der Waals surface area contributed by atoms with Gasteiger partial charge in [-0.15, -0.1) is 11.6 Å². The van der Waals surface area contributed by atoms with Gasteiger partial charge in [0.05, 0.1) is 5.88 Å². The van der Waals surface area contributed by atoms with Gasteiger partial charge in [0.1, 0.15) is 6.73 Å². The highest BCUT2D eigenvalue weighted by atomic mass is 35.5. The summed E-state index contributed by atoms with van der Waals surface area (Å²) in [6, 6.07) is 0. The van der Waals surface area contributed by atoms with Gasteiger partial charge < -0.3 is 10.4 Å². The van der Waals surface area contributed by atoms with Crippen LogP contribution in [0.3, 0.4) is 0 Å². The molecule has 0 aromatic rings. The Kier molecular flexibility index (Phi) is 3.84. The van der Waals surface area contributed by atoms with Gasteiger partial charge in [-0.05, 0) is 0 Å². The van der Waals surface area contributed by atoms with Crippen molar-refractivity contribution in [1.82, 2.24) is 5.32 Å². The molecule has 0 heterocycles. The van der Waals surface area contributed by atoms with Crippen molar-refractivity contribution < 1.29 is 5.11 Å². The van der Waals surface area contributed by atoms with Crippen molar-refractivity contribution in [1.29, 1.82) is 0 Å². The number of alkyl halides is 1. The number of aliphatic hydroxyl groups is 1. The van der Waals surface area contributed by atoms with E-state index < -0.39 is 0 Å². The molecule has 0 bridgehead atoms. The van der Waals surface area contributed by atoms with Gasteiger partial charge >= 0.3 is 0 Å². The molecule has 0 aliphatic carbocycles. The van der Waals surface area contributed by atoms with Crippen LogP contribution in [0, 0.1) is 0 Å². The Morgan fingerprint density at radius 1 is 1.86 bits per heavy atom. The smallest absolute Gasteiger partial charge is 0.113 e. The third-order valence-electron chi connectivity index (χ3n) is 0.490. The molecule has 42 valence electrons. The second kappa shape index (κ2) is 3.96. The molecule has 0 atom stereocenters. The number of allylic oxidation sites excluding steroid dienone is 1. The average Bonchev–Trinajstić information content (AvgIpc) is 1.68. The fourth-order valence-electron chi connectivity index (χ4n) is 0.159. The van der Waals surface area contributed by atoms with E-state index in [0.717, 1.165) is 0 Å². The zero-order valence-electron chi connectivity index (χ0n) is 3.95. The summed E-state index contributed by atoms with van der Waals surface area (Å²) >= 11 is 5.26. The first-order valence-electron chi connectivity index (χ1n) is 1.89. The summed E-state index contributed by atoms with van der Waals surface area (Å²) in [6.07, 6.45) is 0. The summed E-state index contributed by atoms with van der Waals surface area (Å²) in [5.74, 6) is 0.348. The molecule has 0 saturated heterocycles. The predicted molar refractivity (Wildman–Crippen MR) is 30.1 cm³/mol. The van der Waals surface area contributed by atoms with Crippen LogP contribution >= 0.6 is 11.6 Å². The summed E-state index contributed by atoms with van der Waals surface area (Å²) in [5, 5.41) is 10.7. The number of hydrogen-bond donors (Lipinski definition) is 2. The molecule has 0 aliphatic rings. The Morgan fingerprint density at radius 2 is 2.43 bits per heavy atom. The highest BCUT2D eigenvalue weighted by Crippen LogP contribution is 1.84. The molecule has 2 N–H and O–H groups in total. The third-order valence-corrected chi connectivity index (χ3v) is 0.813. The van der Waals surface area contributed by atoms with Gasteiger partial charge in [0, 0.05) is 5.70 Å². The van der Waals surface area contributed by atoms with Crippen LogP contribution in [-0.2, 0) is 0 Å². The summed E-state index contributed by atoms with van der Waals surface area (Å²) < 4.78 is 0. The lowest BCUT2D eigenvalue weighted by molar-refractivity contribution is 0.275. The van der Waals surface area contributed by atoms with Crippen molar-refractivity contribution in [2.24, 2.45) is 0 Å². The molecule has 0 fully saturated rings. The van der Waals surface area contributed by atoms with E-state index in [4.69, 9.17) is 16.7 Å². The van der Waals surface area contributed by atoms with Crippen LogP contribution < -0.4 is 5.32 Å². The molecule has 0 spiro atoms. The van der Waals surface area contributed by atoms with E-state index in [1.165, 1.54) is 0 Å². The topological polar surface area (TPSA) is 32.3 Å². The van der Waals surface area contributed by atoms with E-state index >= 15 is 0 Å². The first-order valence-corrected chi connectivity index (χ1v) is 2.43.